The molecule has 0 N–H and O–H groups in total. The van der Waals surface area contributed by atoms with Gasteiger partial charge in [-0.1, -0.05) is 0 Å². The molecule has 0 aromatic rings. The fraction of sp³-hybridized carbons (Fsp3) is 1.00. The number of hydrogen-bond acceptors (Lipinski definition) is 4. The molecule has 0 aromatic heterocycles. The van der Waals surface area contributed by atoms with Crippen molar-refractivity contribution in [1.82, 2.24) is 0 Å². The topological polar surface area (TPSA) is 27.7 Å². The van der Waals surface area contributed by atoms with E-state index < -0.39 is 7.15 Å². The van der Waals surface area contributed by atoms with E-state index in [1.165, 1.54) is 11.4 Å². The fourth-order valence-corrected chi connectivity index (χ4v) is 2.68. The van der Waals surface area contributed by atoms with Crippen LogP contribution < -0.4 is 0 Å². The van der Waals surface area contributed by atoms with Gasteiger partial charge in [0.05, 0.1) is 21.3 Å². The lowest BCUT2D eigenvalue weighted by atomic mass is 11.8. The Hall–Kier alpha value is 0.660. The minimum Gasteiger partial charge on any atom is -0.172 e. The first-order valence-corrected chi connectivity index (χ1v) is 5.74. The van der Waals surface area contributed by atoms with Crippen LogP contribution in [-0.4, -0.2) is 27.6 Å². The molecule has 5 heteroatoms. The third-order valence-corrected chi connectivity index (χ3v) is 5.37. The molecule has 0 aliphatic heterocycles. The van der Waals surface area contributed by atoms with Crippen LogP contribution in [0.25, 0.3) is 0 Å². The van der Waals surface area contributed by atoms with Crippen molar-refractivity contribution in [3.05, 3.63) is 0 Å². The first-order valence-electron chi connectivity index (χ1n) is 2.36. The van der Waals surface area contributed by atoms with Gasteiger partial charge in [-0.05, 0) is 0 Å². The largest absolute Gasteiger partial charge is 0.480 e. The monoisotopic (exact) mass is 171 g/mol. The summed E-state index contributed by atoms with van der Waals surface area (Å²) in [6.07, 6.45) is 1.89. The molecule has 0 saturated heterocycles. The fourth-order valence-electron chi connectivity index (χ4n) is 0.447. The Bertz CT molecular complexity index is 58.7. The van der Waals surface area contributed by atoms with Crippen molar-refractivity contribution < 1.29 is 13.6 Å². The van der Waals surface area contributed by atoms with Crippen LogP contribution in [0, 0.1) is 0 Å². The SMILES string of the molecule is CO[P+](OC)(OC)SC. The molecule has 0 atom stereocenters. The maximum absolute atomic E-state index is 5.02. The van der Waals surface area contributed by atoms with Crippen LogP contribution in [0.4, 0.5) is 0 Å². The molecular weight excluding hydrogens is 159 g/mol. The van der Waals surface area contributed by atoms with Crippen LogP contribution in [0.15, 0.2) is 0 Å². The molecule has 0 aromatic carbocycles. The minimum absolute atomic E-state index is 1.46. The van der Waals surface area contributed by atoms with Gasteiger partial charge >= 0.3 is 7.15 Å². The molecule has 0 aliphatic carbocycles. The van der Waals surface area contributed by atoms with Crippen molar-refractivity contribution in [2.45, 2.75) is 0 Å². The van der Waals surface area contributed by atoms with Crippen molar-refractivity contribution in [3.63, 3.8) is 0 Å². The van der Waals surface area contributed by atoms with Crippen LogP contribution in [0.2, 0.25) is 0 Å². The maximum Gasteiger partial charge on any atom is 0.480 e. The van der Waals surface area contributed by atoms with Gasteiger partial charge in [-0.15, -0.1) is 0 Å². The third kappa shape index (κ3) is 2.40. The van der Waals surface area contributed by atoms with Crippen molar-refractivity contribution >= 4 is 18.5 Å². The van der Waals surface area contributed by atoms with E-state index in [0.717, 1.165) is 0 Å². The molecule has 3 nitrogen and oxygen atoms in total. The molecule has 0 heterocycles. The Kier molecular flexibility index (Phi) is 4.80. The summed E-state index contributed by atoms with van der Waals surface area (Å²) in [6, 6.07) is 0. The predicted octanol–water partition coefficient (Wildman–Crippen LogP) is 1.97. The van der Waals surface area contributed by atoms with Gasteiger partial charge in [0.1, 0.15) is 11.4 Å². The standard InChI is InChI=1S/C4H12O3PS/c1-5-8(6-2,7-3)9-4/h1-4H3/q+1. The highest BCUT2D eigenvalue weighted by Crippen LogP contribution is 2.70. The average molecular weight is 171 g/mol. The van der Waals surface area contributed by atoms with Gasteiger partial charge in [-0.3, -0.25) is 0 Å². The van der Waals surface area contributed by atoms with Gasteiger partial charge in [0.2, 0.25) is 0 Å². The van der Waals surface area contributed by atoms with E-state index in [1.54, 1.807) is 21.3 Å². The zero-order chi connectivity index (χ0) is 7.33. The van der Waals surface area contributed by atoms with Crippen molar-refractivity contribution in [2.75, 3.05) is 27.6 Å². The highest BCUT2D eigenvalue weighted by atomic mass is 32.7. The molecule has 56 valence electrons. The lowest BCUT2D eigenvalue weighted by Crippen LogP contribution is -1.94. The normalized spacial score (nSPS) is 12.0. The second kappa shape index (κ2) is 4.47. The predicted molar refractivity (Wildman–Crippen MR) is 41.5 cm³/mol. The summed E-state index contributed by atoms with van der Waals surface area (Å²) in [5.41, 5.74) is 0. The molecule has 0 spiro atoms. The van der Waals surface area contributed by atoms with Crippen LogP contribution in [0.1, 0.15) is 0 Å². The Morgan fingerprint density at radius 3 is 1.33 bits per heavy atom. The summed E-state index contributed by atoms with van der Waals surface area (Å²) in [7, 11) is 2.74. The molecule has 0 fully saturated rings. The average Bonchev–Trinajstić information content (AvgIpc) is 1.95. The van der Waals surface area contributed by atoms with E-state index in [1.807, 2.05) is 6.26 Å². The van der Waals surface area contributed by atoms with Gasteiger partial charge in [0.25, 0.3) is 0 Å². The molecule has 0 unspecified atom stereocenters. The Morgan fingerprint density at radius 1 is 1.00 bits per heavy atom. The summed E-state index contributed by atoms with van der Waals surface area (Å²) in [5.74, 6) is 0. The highest BCUT2D eigenvalue weighted by Gasteiger charge is 2.41. The van der Waals surface area contributed by atoms with Crippen LogP contribution in [0.5, 0.6) is 0 Å². The van der Waals surface area contributed by atoms with E-state index in [0.29, 0.717) is 0 Å². The maximum atomic E-state index is 5.02. The summed E-state index contributed by atoms with van der Waals surface area (Å²) in [4.78, 5) is 0. The van der Waals surface area contributed by atoms with Crippen LogP contribution in [0.3, 0.4) is 0 Å². The number of rotatable bonds is 4. The second-order valence-electron chi connectivity index (χ2n) is 1.18. The smallest absolute Gasteiger partial charge is 0.172 e. The summed E-state index contributed by atoms with van der Waals surface area (Å²) >= 11 is 1.46. The summed E-state index contributed by atoms with van der Waals surface area (Å²) in [5, 5.41) is 0. The molecule has 0 saturated carbocycles. The zero-order valence-corrected chi connectivity index (χ0v) is 7.79. The molecule has 0 radical (unpaired) electrons. The third-order valence-electron chi connectivity index (χ3n) is 0.894. The van der Waals surface area contributed by atoms with Crippen LogP contribution >= 0.6 is 18.5 Å². The first-order chi connectivity index (χ1) is 4.24. The molecule has 0 amide bonds. The van der Waals surface area contributed by atoms with Gasteiger partial charge in [-0.2, -0.15) is 13.6 Å². The summed E-state index contributed by atoms with van der Waals surface area (Å²) < 4.78 is 15.0. The Morgan fingerprint density at radius 2 is 1.33 bits per heavy atom. The molecule has 9 heavy (non-hydrogen) atoms. The molecular formula is C4H12O3PS+. The number of hydrogen-bond donors (Lipinski definition) is 0. The lowest BCUT2D eigenvalue weighted by Gasteiger charge is -2.11. The van der Waals surface area contributed by atoms with Crippen molar-refractivity contribution in [1.29, 1.82) is 0 Å². The summed E-state index contributed by atoms with van der Waals surface area (Å²) in [6.45, 7) is 0. The van der Waals surface area contributed by atoms with Gasteiger partial charge < -0.3 is 0 Å². The molecule has 0 aliphatic rings. The van der Waals surface area contributed by atoms with Crippen molar-refractivity contribution in [2.24, 2.45) is 0 Å². The van der Waals surface area contributed by atoms with Gasteiger partial charge in [0.15, 0.2) is 0 Å². The van der Waals surface area contributed by atoms with E-state index in [9.17, 15) is 0 Å². The van der Waals surface area contributed by atoms with E-state index >= 15 is 0 Å². The van der Waals surface area contributed by atoms with Crippen molar-refractivity contribution in [3.8, 4) is 0 Å². The molecule has 0 rings (SSSR count). The highest BCUT2D eigenvalue weighted by molar-refractivity contribution is 8.57. The quantitative estimate of drug-likeness (QED) is 0.604. The van der Waals surface area contributed by atoms with Gasteiger partial charge in [-0.25, -0.2) is 0 Å². The van der Waals surface area contributed by atoms with E-state index in [2.05, 4.69) is 0 Å². The van der Waals surface area contributed by atoms with Crippen LogP contribution in [-0.2, 0) is 13.6 Å². The second-order valence-corrected chi connectivity index (χ2v) is 5.97. The van der Waals surface area contributed by atoms with Gasteiger partial charge in [0, 0.05) is 6.26 Å². The zero-order valence-electron chi connectivity index (χ0n) is 6.08. The first kappa shape index (κ1) is 9.66. The minimum atomic E-state index is -2.00. The van der Waals surface area contributed by atoms with E-state index in [-0.39, 0.29) is 0 Å². The lowest BCUT2D eigenvalue weighted by molar-refractivity contribution is 0.231. The molecule has 0 bridgehead atoms. The Balaban J connectivity index is 3.82. The Labute approximate surface area is 60.4 Å². The van der Waals surface area contributed by atoms with E-state index in [4.69, 9.17) is 13.6 Å².